The maximum absolute atomic E-state index is 7.59. The van der Waals surface area contributed by atoms with Crippen molar-refractivity contribution in [2.45, 2.75) is 10.0 Å². The van der Waals surface area contributed by atoms with Gasteiger partial charge in [-0.15, -0.1) is 0 Å². The topological polar surface area (TPSA) is 0 Å². The molecule has 0 amide bonds. The van der Waals surface area contributed by atoms with Gasteiger partial charge in [0.2, 0.25) is 0 Å². The summed E-state index contributed by atoms with van der Waals surface area (Å²) in [5.74, 6) is 0. The number of benzene rings is 2. The average molecular weight is 431 g/mol. The first-order valence-corrected chi connectivity index (χ1v) is 19.0. The molecule has 0 bridgehead atoms. The first kappa shape index (κ1) is 16.6. The van der Waals surface area contributed by atoms with Crippen LogP contribution in [0.3, 0.4) is 0 Å². The van der Waals surface area contributed by atoms with Gasteiger partial charge in [0.15, 0.2) is 0 Å². The van der Waals surface area contributed by atoms with Crippen LogP contribution in [0.1, 0.15) is 21.2 Å². The molecule has 2 aliphatic carbocycles. The Balaban J connectivity index is 1.85. The van der Waals surface area contributed by atoms with E-state index in [4.69, 9.17) is 17.0 Å². The van der Waals surface area contributed by atoms with E-state index in [1.54, 1.807) is 0 Å². The van der Waals surface area contributed by atoms with Crippen molar-refractivity contribution in [3.63, 3.8) is 0 Å². The van der Waals surface area contributed by atoms with Crippen LogP contribution in [-0.4, -0.2) is 4.82 Å². The molecular weight excluding hydrogens is 413 g/mol. The van der Waals surface area contributed by atoms with Gasteiger partial charge in [-0.25, -0.2) is 0 Å². The Labute approximate surface area is 152 Å². The number of allylic oxidation sites excluding steroid dienone is 5. The first-order valence-electron chi connectivity index (χ1n) is 8.32. The third-order valence-corrected chi connectivity index (χ3v) is 23.4. The molecule has 0 aliphatic heterocycles. The van der Waals surface area contributed by atoms with Gasteiger partial charge >= 0.3 is 153 Å². The number of fused-ring (bicyclic) bond motifs is 1. The molecule has 24 heavy (non-hydrogen) atoms. The Morgan fingerprint density at radius 2 is 1.71 bits per heavy atom. The predicted octanol–water partition coefficient (Wildman–Crippen LogP) is 5.27. The molecule has 2 aliphatic rings. The standard InChI is InChI=1S/C9H7.C6H6B.C5H5.2ClH.Zr/c1-2-5-9-7-3-6-8(9)4-1;7-6-4-2-1-3-5-6;1-2-4-5-3-1;;;/h1-7H;1-5,7H;1-3H,4H2;2*1H;/q;+1;;;;+1/p-2. The molecular formula is C20H18BCl2Zr. The summed E-state index contributed by atoms with van der Waals surface area (Å²) in [5.41, 5.74) is 3.78. The Morgan fingerprint density at radius 3 is 2.46 bits per heavy atom. The van der Waals surface area contributed by atoms with E-state index in [2.05, 4.69) is 78.9 Å². The zero-order valence-electron chi connectivity index (χ0n) is 13.3. The number of hydrogen-bond acceptors (Lipinski definition) is 0. The van der Waals surface area contributed by atoms with Gasteiger partial charge in [-0.05, 0) is 0 Å². The van der Waals surface area contributed by atoms with E-state index in [-0.39, 0.29) is 3.63 Å². The van der Waals surface area contributed by atoms with E-state index < -0.39 is 16.2 Å². The van der Waals surface area contributed by atoms with Crippen LogP contribution in [0.15, 0.2) is 82.2 Å². The third kappa shape index (κ3) is 2.74. The van der Waals surface area contributed by atoms with E-state index >= 15 is 0 Å². The third-order valence-electron chi connectivity index (χ3n) is 5.21. The fourth-order valence-corrected chi connectivity index (χ4v) is 19.9. The van der Waals surface area contributed by atoms with Crippen LogP contribution in [0.4, 0.5) is 0 Å². The van der Waals surface area contributed by atoms with E-state index in [1.165, 1.54) is 19.9 Å². The summed E-state index contributed by atoms with van der Waals surface area (Å²) in [4.78, 5) is 0.780. The van der Waals surface area contributed by atoms with Crippen LogP contribution >= 0.6 is 17.0 Å². The Hall–Kier alpha value is -0.812. The zero-order valence-corrected chi connectivity index (χ0v) is 17.3. The summed E-state index contributed by atoms with van der Waals surface area (Å²) in [7, 11) is 15.2. The second kappa shape index (κ2) is 6.17. The van der Waals surface area contributed by atoms with Crippen molar-refractivity contribution >= 4 is 33.4 Å². The summed E-state index contributed by atoms with van der Waals surface area (Å²) in [6, 6.07) is 19.0. The van der Waals surface area contributed by atoms with Gasteiger partial charge in [-0.2, -0.15) is 0 Å². The normalized spacial score (nSPS) is 20.3. The van der Waals surface area contributed by atoms with Crippen LogP contribution < -0.4 is 5.46 Å². The summed E-state index contributed by atoms with van der Waals surface area (Å²) in [6.45, 7) is 0. The second-order valence-corrected chi connectivity index (χ2v) is 28.3. The molecule has 0 spiro atoms. The van der Waals surface area contributed by atoms with Crippen LogP contribution in [0.2, 0.25) is 0 Å². The summed E-state index contributed by atoms with van der Waals surface area (Å²) in [6.07, 6.45) is 11.8. The number of halogens is 2. The molecule has 2 aromatic rings. The van der Waals surface area contributed by atoms with Crippen molar-refractivity contribution in [3.05, 3.63) is 93.3 Å². The molecule has 0 N–H and O–H groups in total. The molecule has 4 rings (SSSR count). The fraction of sp³-hybridized carbons (Fsp3) is 0.100. The van der Waals surface area contributed by atoms with Crippen LogP contribution in [-0.2, 0) is 16.2 Å². The van der Waals surface area contributed by atoms with Crippen LogP contribution in [0.5, 0.6) is 0 Å². The summed E-state index contributed by atoms with van der Waals surface area (Å²) in [5, 5.41) is 0. The molecule has 0 saturated carbocycles. The molecule has 0 nitrogen and oxygen atoms in total. The van der Waals surface area contributed by atoms with E-state index in [0.29, 0.717) is 0 Å². The molecule has 2 aromatic carbocycles. The van der Waals surface area contributed by atoms with Crippen molar-refractivity contribution in [1.29, 1.82) is 0 Å². The molecule has 0 fully saturated rings. The molecule has 1 atom stereocenters. The molecule has 0 aromatic heterocycles. The van der Waals surface area contributed by atoms with Gasteiger partial charge in [-0.3, -0.25) is 0 Å². The zero-order chi connectivity index (χ0) is 16.6. The van der Waals surface area contributed by atoms with E-state index in [0.717, 1.165) is 11.2 Å². The second-order valence-electron chi connectivity index (χ2n) is 6.72. The van der Waals surface area contributed by atoms with Crippen molar-refractivity contribution in [3.8, 4) is 0 Å². The predicted molar refractivity (Wildman–Crippen MR) is 105 cm³/mol. The van der Waals surface area contributed by atoms with Gasteiger partial charge in [-0.1, -0.05) is 0 Å². The minimum atomic E-state index is -4.31. The molecule has 4 heteroatoms. The van der Waals surface area contributed by atoms with Gasteiger partial charge in [0.05, 0.1) is 0 Å². The van der Waals surface area contributed by atoms with E-state index in [9.17, 15) is 0 Å². The Kier molecular flexibility index (Phi) is 4.28. The maximum atomic E-state index is 7.59. The van der Waals surface area contributed by atoms with Crippen molar-refractivity contribution in [1.82, 2.24) is 0 Å². The van der Waals surface area contributed by atoms with Gasteiger partial charge < -0.3 is 0 Å². The van der Waals surface area contributed by atoms with Crippen molar-refractivity contribution < 1.29 is 16.2 Å². The molecule has 0 saturated heterocycles. The number of hydrogen-bond donors (Lipinski definition) is 0. The van der Waals surface area contributed by atoms with Gasteiger partial charge in [0.25, 0.3) is 0 Å². The van der Waals surface area contributed by atoms with Crippen LogP contribution in [0.25, 0.3) is 6.08 Å². The van der Waals surface area contributed by atoms with Gasteiger partial charge in [0.1, 0.15) is 0 Å². The Morgan fingerprint density at radius 1 is 0.958 bits per heavy atom. The molecule has 1 unspecified atom stereocenters. The molecule has 0 heterocycles. The number of rotatable bonds is 4. The summed E-state index contributed by atoms with van der Waals surface area (Å²) >= 11 is -4.31. The van der Waals surface area contributed by atoms with Crippen molar-refractivity contribution in [2.75, 3.05) is 0 Å². The SMILES string of the molecule is [Cl][Zr]([Cl])([BH]c1ccccc1)([C]1=CC=CC1)[CH]1C=Cc2ccccc21. The molecule has 0 radical (unpaired) electrons. The Bertz CT molecular complexity index is 868. The average Bonchev–Trinajstić information content (AvgIpc) is 3.26. The quantitative estimate of drug-likeness (QED) is 0.579. The van der Waals surface area contributed by atoms with Crippen LogP contribution in [0, 0.1) is 0 Å². The van der Waals surface area contributed by atoms with E-state index in [1.807, 2.05) is 6.07 Å². The minimum absolute atomic E-state index is 0.136. The van der Waals surface area contributed by atoms with Crippen molar-refractivity contribution in [2.24, 2.45) is 0 Å². The summed E-state index contributed by atoms with van der Waals surface area (Å²) < 4.78 is 1.41. The fourth-order valence-electron chi connectivity index (χ4n) is 3.96. The monoisotopic (exact) mass is 429 g/mol. The first-order chi connectivity index (χ1) is 11.6. The molecule has 119 valence electrons. The van der Waals surface area contributed by atoms with Gasteiger partial charge in [0, 0.05) is 0 Å².